The molecular formula is C15H22BNO2S. The predicted octanol–water partition coefficient (Wildman–Crippen LogP) is 3.21. The SMILES string of the molecule is CC1(C)OB(c2ccc(NSC3CC3)cc2)OC1(C)C. The van der Waals surface area contributed by atoms with E-state index in [9.17, 15) is 0 Å². The fraction of sp³-hybridized carbons (Fsp3) is 0.600. The molecule has 0 spiro atoms. The van der Waals surface area contributed by atoms with Gasteiger partial charge in [0.15, 0.2) is 0 Å². The fourth-order valence-corrected chi connectivity index (χ4v) is 2.84. The van der Waals surface area contributed by atoms with Gasteiger partial charge in [-0.3, -0.25) is 0 Å². The molecule has 1 aliphatic heterocycles. The summed E-state index contributed by atoms with van der Waals surface area (Å²) in [5.41, 5.74) is 1.65. The molecule has 0 unspecified atom stereocenters. The second kappa shape index (κ2) is 4.97. The van der Waals surface area contributed by atoms with Crippen molar-refractivity contribution in [3.8, 4) is 0 Å². The molecule has 1 heterocycles. The van der Waals surface area contributed by atoms with E-state index >= 15 is 0 Å². The van der Waals surface area contributed by atoms with E-state index in [1.165, 1.54) is 12.8 Å². The summed E-state index contributed by atoms with van der Waals surface area (Å²) in [5.74, 6) is 0. The molecule has 2 aliphatic rings. The molecule has 1 aromatic carbocycles. The fourth-order valence-electron chi connectivity index (χ4n) is 2.02. The van der Waals surface area contributed by atoms with Crippen LogP contribution in [0.1, 0.15) is 40.5 Å². The molecule has 1 aromatic rings. The summed E-state index contributed by atoms with van der Waals surface area (Å²) in [5, 5.41) is 0.803. The van der Waals surface area contributed by atoms with Crippen LogP contribution in [0.4, 0.5) is 5.69 Å². The third kappa shape index (κ3) is 2.85. The van der Waals surface area contributed by atoms with E-state index in [1.807, 2.05) is 11.9 Å². The van der Waals surface area contributed by atoms with E-state index in [-0.39, 0.29) is 18.3 Å². The number of nitrogens with one attached hydrogen (secondary N) is 1. The maximum absolute atomic E-state index is 6.05. The molecule has 1 N–H and O–H groups in total. The van der Waals surface area contributed by atoms with E-state index in [4.69, 9.17) is 9.31 Å². The first kappa shape index (κ1) is 14.3. The van der Waals surface area contributed by atoms with Crippen molar-refractivity contribution >= 4 is 30.2 Å². The van der Waals surface area contributed by atoms with Crippen LogP contribution in [-0.2, 0) is 9.31 Å². The Morgan fingerprint density at radius 2 is 1.60 bits per heavy atom. The Kier molecular flexibility index (Phi) is 3.55. The first-order valence-corrected chi connectivity index (χ1v) is 8.13. The largest absolute Gasteiger partial charge is 0.494 e. The summed E-state index contributed by atoms with van der Waals surface area (Å²) in [6.07, 6.45) is 2.67. The van der Waals surface area contributed by atoms with Crippen LogP contribution in [0.3, 0.4) is 0 Å². The number of benzene rings is 1. The molecule has 3 rings (SSSR count). The molecule has 0 aromatic heterocycles. The monoisotopic (exact) mass is 291 g/mol. The molecule has 0 bridgehead atoms. The van der Waals surface area contributed by atoms with Crippen LogP contribution < -0.4 is 10.2 Å². The summed E-state index contributed by atoms with van der Waals surface area (Å²) >= 11 is 1.82. The minimum absolute atomic E-state index is 0.273. The Morgan fingerprint density at radius 1 is 1.05 bits per heavy atom. The van der Waals surface area contributed by atoms with Gasteiger partial charge >= 0.3 is 7.12 Å². The third-order valence-electron chi connectivity index (χ3n) is 4.30. The lowest BCUT2D eigenvalue weighted by Gasteiger charge is -2.32. The second-order valence-electron chi connectivity index (χ2n) is 6.63. The summed E-state index contributed by atoms with van der Waals surface area (Å²) in [6, 6.07) is 8.35. The highest BCUT2D eigenvalue weighted by molar-refractivity contribution is 8.01. The van der Waals surface area contributed by atoms with Crippen LogP contribution >= 0.6 is 11.9 Å². The number of hydrogen-bond acceptors (Lipinski definition) is 4. The standard InChI is InChI=1S/C15H22BNO2S/c1-14(2)15(3,4)19-16(18-14)11-5-7-12(8-6-11)17-20-13-9-10-13/h5-8,13,17H,9-10H2,1-4H3. The van der Waals surface area contributed by atoms with Gasteiger partial charge in [0.1, 0.15) is 0 Å². The van der Waals surface area contributed by atoms with Crippen LogP contribution in [0.25, 0.3) is 0 Å². The molecular weight excluding hydrogens is 269 g/mol. The average molecular weight is 291 g/mol. The van der Waals surface area contributed by atoms with Crippen LogP contribution in [-0.4, -0.2) is 23.6 Å². The van der Waals surface area contributed by atoms with E-state index < -0.39 is 0 Å². The van der Waals surface area contributed by atoms with Crippen molar-refractivity contribution in [2.75, 3.05) is 4.72 Å². The van der Waals surface area contributed by atoms with Gasteiger partial charge in [0.2, 0.25) is 0 Å². The first-order chi connectivity index (χ1) is 9.37. The number of anilines is 1. The minimum atomic E-state index is -0.281. The zero-order valence-electron chi connectivity index (χ0n) is 12.6. The summed E-state index contributed by atoms with van der Waals surface area (Å²) in [4.78, 5) is 0. The summed E-state index contributed by atoms with van der Waals surface area (Å²) in [6.45, 7) is 8.31. The maximum Gasteiger partial charge on any atom is 0.494 e. The molecule has 20 heavy (non-hydrogen) atoms. The minimum Gasteiger partial charge on any atom is -0.399 e. The topological polar surface area (TPSA) is 30.5 Å². The van der Waals surface area contributed by atoms with Crippen molar-refractivity contribution in [2.24, 2.45) is 0 Å². The van der Waals surface area contributed by atoms with Crippen molar-refractivity contribution in [3.05, 3.63) is 24.3 Å². The Balaban J connectivity index is 1.65. The third-order valence-corrected chi connectivity index (χ3v) is 5.46. The van der Waals surface area contributed by atoms with Crippen molar-refractivity contribution in [2.45, 2.75) is 57.0 Å². The lowest BCUT2D eigenvalue weighted by molar-refractivity contribution is 0.00578. The van der Waals surface area contributed by atoms with E-state index in [0.717, 1.165) is 16.4 Å². The van der Waals surface area contributed by atoms with Crippen LogP contribution in [0.2, 0.25) is 0 Å². The van der Waals surface area contributed by atoms with Gasteiger partial charge in [-0.1, -0.05) is 12.1 Å². The molecule has 5 heteroatoms. The van der Waals surface area contributed by atoms with Gasteiger partial charge in [0.25, 0.3) is 0 Å². The van der Waals surface area contributed by atoms with E-state index in [0.29, 0.717) is 0 Å². The van der Waals surface area contributed by atoms with Gasteiger partial charge in [-0.05, 0) is 70.1 Å². The van der Waals surface area contributed by atoms with Gasteiger partial charge in [-0.2, -0.15) is 0 Å². The lowest BCUT2D eigenvalue weighted by Crippen LogP contribution is -2.41. The lowest BCUT2D eigenvalue weighted by atomic mass is 9.79. The second-order valence-corrected chi connectivity index (χ2v) is 7.74. The van der Waals surface area contributed by atoms with Crippen molar-refractivity contribution in [1.29, 1.82) is 0 Å². The van der Waals surface area contributed by atoms with E-state index in [2.05, 4.69) is 56.7 Å². The number of hydrogen-bond donors (Lipinski definition) is 1. The molecule has 0 radical (unpaired) electrons. The normalized spacial score (nSPS) is 23.9. The van der Waals surface area contributed by atoms with Gasteiger partial charge in [0, 0.05) is 10.9 Å². The highest BCUT2D eigenvalue weighted by atomic mass is 32.2. The highest BCUT2D eigenvalue weighted by Crippen LogP contribution is 2.37. The molecule has 0 amide bonds. The molecule has 3 nitrogen and oxygen atoms in total. The van der Waals surface area contributed by atoms with Gasteiger partial charge in [0.05, 0.1) is 11.2 Å². The molecule has 1 aliphatic carbocycles. The smallest absolute Gasteiger partial charge is 0.399 e. The summed E-state index contributed by atoms with van der Waals surface area (Å²) in [7, 11) is -0.273. The molecule has 2 fully saturated rings. The molecule has 1 saturated carbocycles. The molecule has 108 valence electrons. The van der Waals surface area contributed by atoms with Crippen LogP contribution in [0.5, 0.6) is 0 Å². The predicted molar refractivity (Wildman–Crippen MR) is 86.4 cm³/mol. The zero-order valence-corrected chi connectivity index (χ0v) is 13.4. The number of rotatable bonds is 4. The zero-order chi connectivity index (χ0) is 14.4. The molecule has 0 atom stereocenters. The van der Waals surface area contributed by atoms with Gasteiger partial charge in [-0.15, -0.1) is 0 Å². The first-order valence-electron chi connectivity index (χ1n) is 7.25. The van der Waals surface area contributed by atoms with Crippen molar-refractivity contribution in [1.82, 2.24) is 0 Å². The Labute approximate surface area is 126 Å². The van der Waals surface area contributed by atoms with Gasteiger partial charge in [-0.25, -0.2) is 0 Å². The Hall–Kier alpha value is -0.645. The van der Waals surface area contributed by atoms with Crippen molar-refractivity contribution in [3.63, 3.8) is 0 Å². The summed E-state index contributed by atoms with van der Waals surface area (Å²) < 4.78 is 15.5. The van der Waals surface area contributed by atoms with Crippen LogP contribution in [0, 0.1) is 0 Å². The van der Waals surface area contributed by atoms with Gasteiger partial charge < -0.3 is 14.0 Å². The maximum atomic E-state index is 6.05. The quantitative estimate of drug-likeness (QED) is 0.681. The highest BCUT2D eigenvalue weighted by Gasteiger charge is 2.51. The van der Waals surface area contributed by atoms with E-state index in [1.54, 1.807) is 0 Å². The van der Waals surface area contributed by atoms with Crippen molar-refractivity contribution < 1.29 is 9.31 Å². The molecule has 1 saturated heterocycles. The Bertz CT molecular complexity index is 469. The van der Waals surface area contributed by atoms with Crippen LogP contribution in [0.15, 0.2) is 24.3 Å². The Morgan fingerprint density at radius 3 is 2.10 bits per heavy atom. The average Bonchev–Trinajstić information content (AvgIpc) is 3.16.